The fourth-order valence-corrected chi connectivity index (χ4v) is 6.24. The largest absolute Gasteiger partial charge is 0.462 e. The molecule has 0 aromatic carbocycles. The molecule has 0 radical (unpaired) electrons. The van der Waals surface area contributed by atoms with Crippen LogP contribution >= 0.6 is 0 Å². The Morgan fingerprint density at radius 3 is 1.75 bits per heavy atom. The number of hydrogen-bond acceptors (Lipinski definition) is 11. The van der Waals surface area contributed by atoms with Crippen LogP contribution in [-0.4, -0.2) is 96.0 Å². The highest BCUT2D eigenvalue weighted by Crippen LogP contribution is 2.24. The van der Waals surface area contributed by atoms with Gasteiger partial charge in [0.05, 0.1) is 6.61 Å². The molecule has 1 heterocycles. The van der Waals surface area contributed by atoms with Gasteiger partial charge in [0.1, 0.15) is 36.8 Å². The molecule has 4 N–H and O–H groups in total. The number of hydrogen-bond donors (Lipinski definition) is 4. The molecule has 0 spiro atoms. The highest BCUT2D eigenvalue weighted by molar-refractivity contribution is 7.85. The number of carbonyl (C=O) groups excluding carboxylic acids is 2. The summed E-state index contributed by atoms with van der Waals surface area (Å²) in [5.41, 5.74) is 0. The summed E-state index contributed by atoms with van der Waals surface area (Å²) < 4.78 is 53.7. The molecule has 0 bridgehead atoms. The molecule has 0 aromatic rings. The van der Waals surface area contributed by atoms with Crippen LogP contribution in [0.4, 0.5) is 0 Å². The number of aliphatic hydroxyl groups is 3. The fourth-order valence-electron chi connectivity index (χ4n) is 5.55. The van der Waals surface area contributed by atoms with E-state index in [0.29, 0.717) is 12.8 Å². The van der Waals surface area contributed by atoms with Gasteiger partial charge in [-0.1, -0.05) is 120 Å². The first kappa shape index (κ1) is 48.6. The van der Waals surface area contributed by atoms with Gasteiger partial charge < -0.3 is 34.3 Å². The maximum Gasteiger partial charge on any atom is 0.306 e. The van der Waals surface area contributed by atoms with Gasteiger partial charge in [0.25, 0.3) is 10.1 Å². The number of carbonyl (C=O) groups is 2. The van der Waals surface area contributed by atoms with E-state index in [1.807, 2.05) is 0 Å². The van der Waals surface area contributed by atoms with Crippen molar-refractivity contribution in [2.75, 3.05) is 19.0 Å². The zero-order chi connectivity index (χ0) is 39.2. The molecule has 0 saturated carbocycles. The van der Waals surface area contributed by atoms with Crippen LogP contribution in [-0.2, 0) is 38.7 Å². The molecule has 53 heavy (non-hydrogen) atoms. The molecule has 13 heteroatoms. The van der Waals surface area contributed by atoms with Crippen molar-refractivity contribution in [2.24, 2.45) is 0 Å². The molecule has 1 fully saturated rings. The van der Waals surface area contributed by atoms with Gasteiger partial charge in [-0.2, -0.15) is 8.42 Å². The lowest BCUT2D eigenvalue weighted by Gasteiger charge is -2.40. The van der Waals surface area contributed by atoms with Gasteiger partial charge in [0.15, 0.2) is 12.4 Å². The van der Waals surface area contributed by atoms with Gasteiger partial charge in [0, 0.05) is 12.8 Å². The Hall–Kier alpha value is -2.39. The van der Waals surface area contributed by atoms with E-state index in [-0.39, 0.29) is 19.4 Å². The van der Waals surface area contributed by atoms with Gasteiger partial charge in [-0.05, 0) is 51.4 Å². The predicted molar refractivity (Wildman–Crippen MR) is 206 cm³/mol. The lowest BCUT2D eigenvalue weighted by atomic mass is 10.00. The summed E-state index contributed by atoms with van der Waals surface area (Å²) >= 11 is 0. The zero-order valence-corrected chi connectivity index (χ0v) is 32.9. The summed E-state index contributed by atoms with van der Waals surface area (Å²) in [6.45, 7) is 3.59. The highest BCUT2D eigenvalue weighted by Gasteiger charge is 2.46. The van der Waals surface area contributed by atoms with Crippen LogP contribution in [0.1, 0.15) is 136 Å². The van der Waals surface area contributed by atoms with Crippen LogP contribution in [0.25, 0.3) is 0 Å². The Bertz CT molecular complexity index is 1180. The van der Waals surface area contributed by atoms with E-state index in [1.54, 1.807) is 0 Å². The van der Waals surface area contributed by atoms with Crippen LogP contribution in [0.2, 0.25) is 0 Å². The van der Waals surface area contributed by atoms with Crippen LogP contribution < -0.4 is 0 Å². The van der Waals surface area contributed by atoms with Crippen molar-refractivity contribution in [2.45, 2.75) is 173 Å². The standard InChI is InChI=1S/C40H68O12S/c1-3-5-7-9-11-13-14-15-16-17-18-19-20-21-23-25-27-29-36(42)51-33(30-49-35(41)28-26-24-22-12-10-8-6-4-2)31-50-40-39(45)38(44)37(43)34(52-40)32-53(46,47)48/h7,9,13-14,16-17,19-20,33-34,37-40,43-45H,3-6,8,10-12,15,18,21-32H2,1-2H3,(H,46,47,48)/b9-7+,14-13+,17-16+,20-19+/t33-,34-,37-,38?,39?,40+/m1/s1. The number of allylic oxidation sites excluding steroid dienone is 8. The van der Waals surface area contributed by atoms with E-state index in [0.717, 1.165) is 64.2 Å². The molecule has 0 aliphatic carbocycles. The van der Waals surface area contributed by atoms with Gasteiger partial charge in [0.2, 0.25) is 0 Å². The minimum atomic E-state index is -4.60. The van der Waals surface area contributed by atoms with Crippen LogP contribution in [0, 0.1) is 0 Å². The molecule has 2 unspecified atom stereocenters. The Kier molecular flexibility index (Phi) is 28.3. The SMILES string of the molecule is CCC/C=C/C/C=C/C/C=C/C/C=C/CCCCCC(=O)O[C@H](COC(=O)CCCCCCCCCC)CO[C@H]1O[C@H](CS(=O)(=O)O)[C@@H](O)C(O)C1O. The molecule has 12 nitrogen and oxygen atoms in total. The summed E-state index contributed by atoms with van der Waals surface area (Å²) in [5, 5.41) is 30.7. The van der Waals surface area contributed by atoms with Crippen molar-refractivity contribution in [3.8, 4) is 0 Å². The maximum absolute atomic E-state index is 12.7. The van der Waals surface area contributed by atoms with Gasteiger partial charge in [-0.15, -0.1) is 0 Å². The number of esters is 2. The second-order valence-corrected chi connectivity index (χ2v) is 15.1. The normalized spacial score (nSPS) is 21.7. The first-order chi connectivity index (χ1) is 25.5. The fraction of sp³-hybridized carbons (Fsp3) is 0.750. The van der Waals surface area contributed by atoms with Gasteiger partial charge in [-0.3, -0.25) is 14.1 Å². The maximum atomic E-state index is 12.7. The second-order valence-electron chi connectivity index (χ2n) is 13.6. The first-order valence-corrected chi connectivity index (χ1v) is 21.3. The van der Waals surface area contributed by atoms with E-state index in [2.05, 4.69) is 62.5 Å². The third kappa shape index (κ3) is 26.1. The summed E-state index contributed by atoms with van der Waals surface area (Å²) in [4.78, 5) is 25.2. The monoisotopic (exact) mass is 772 g/mol. The molecule has 0 amide bonds. The third-order valence-corrected chi connectivity index (χ3v) is 9.39. The van der Waals surface area contributed by atoms with Gasteiger partial charge in [-0.25, -0.2) is 0 Å². The van der Waals surface area contributed by atoms with E-state index >= 15 is 0 Å². The minimum absolute atomic E-state index is 0.126. The number of aliphatic hydroxyl groups excluding tert-OH is 3. The topological polar surface area (TPSA) is 186 Å². The number of unbranched alkanes of at least 4 members (excludes halogenated alkanes) is 11. The molecule has 6 atom stereocenters. The van der Waals surface area contributed by atoms with E-state index in [4.69, 9.17) is 18.9 Å². The lowest BCUT2D eigenvalue weighted by molar-refractivity contribution is -0.297. The predicted octanol–water partition coefficient (Wildman–Crippen LogP) is 6.83. The van der Waals surface area contributed by atoms with E-state index < -0.39 is 71.2 Å². The summed E-state index contributed by atoms with van der Waals surface area (Å²) in [5.74, 6) is -2.03. The van der Waals surface area contributed by atoms with Crippen molar-refractivity contribution >= 4 is 22.1 Å². The lowest BCUT2D eigenvalue weighted by Crippen LogP contribution is -2.60. The van der Waals surface area contributed by atoms with Crippen molar-refractivity contribution in [1.29, 1.82) is 0 Å². The molecule has 1 saturated heterocycles. The third-order valence-electron chi connectivity index (χ3n) is 8.64. The average Bonchev–Trinajstić information content (AvgIpc) is 3.12. The van der Waals surface area contributed by atoms with Crippen LogP contribution in [0.3, 0.4) is 0 Å². The van der Waals surface area contributed by atoms with Crippen molar-refractivity contribution in [1.82, 2.24) is 0 Å². The van der Waals surface area contributed by atoms with Crippen LogP contribution in [0.5, 0.6) is 0 Å². The van der Waals surface area contributed by atoms with Crippen molar-refractivity contribution < 1.29 is 56.8 Å². The molecule has 1 rings (SSSR count). The van der Waals surface area contributed by atoms with E-state index in [1.165, 1.54) is 32.1 Å². The molecular formula is C40H68O12S. The summed E-state index contributed by atoms with van der Waals surface area (Å²) in [6.07, 6.45) is 24.7. The Morgan fingerprint density at radius 1 is 0.642 bits per heavy atom. The molecule has 0 aromatic heterocycles. The molecule has 306 valence electrons. The zero-order valence-electron chi connectivity index (χ0n) is 32.1. The van der Waals surface area contributed by atoms with Crippen molar-refractivity contribution in [3.05, 3.63) is 48.6 Å². The van der Waals surface area contributed by atoms with Crippen molar-refractivity contribution in [3.63, 3.8) is 0 Å². The molecular weight excluding hydrogens is 704 g/mol. The smallest absolute Gasteiger partial charge is 0.306 e. The molecule has 1 aliphatic rings. The van der Waals surface area contributed by atoms with Crippen LogP contribution in [0.15, 0.2) is 48.6 Å². The Balaban J connectivity index is 2.53. The van der Waals surface area contributed by atoms with E-state index in [9.17, 15) is 37.9 Å². The Labute approximate surface area is 318 Å². The number of ether oxygens (including phenoxy) is 4. The Morgan fingerprint density at radius 2 is 1.17 bits per heavy atom. The number of rotatable bonds is 31. The summed E-state index contributed by atoms with van der Waals surface area (Å²) in [7, 11) is -4.60. The second kappa shape index (κ2) is 30.9. The minimum Gasteiger partial charge on any atom is -0.462 e. The average molecular weight is 773 g/mol. The summed E-state index contributed by atoms with van der Waals surface area (Å²) in [6, 6.07) is 0. The van der Waals surface area contributed by atoms with Gasteiger partial charge >= 0.3 is 11.9 Å². The quantitative estimate of drug-likeness (QED) is 0.0250. The highest BCUT2D eigenvalue weighted by atomic mass is 32.2. The molecule has 1 aliphatic heterocycles. The first-order valence-electron chi connectivity index (χ1n) is 19.7.